The van der Waals surface area contributed by atoms with Gasteiger partial charge in [-0.3, -0.25) is 4.90 Å². The van der Waals surface area contributed by atoms with Crippen LogP contribution in [0.5, 0.6) is 0 Å². The monoisotopic (exact) mass is 230 g/mol. The number of fused-ring (bicyclic) bond motifs is 1. The number of nitrogens with two attached hydrogens (primary N) is 1. The van der Waals surface area contributed by atoms with Crippen molar-refractivity contribution in [1.29, 1.82) is 0 Å². The molecule has 1 heterocycles. The predicted molar refractivity (Wildman–Crippen MR) is 70.5 cm³/mol. The molecule has 2 heteroatoms. The van der Waals surface area contributed by atoms with Gasteiger partial charge in [0.1, 0.15) is 0 Å². The summed E-state index contributed by atoms with van der Waals surface area (Å²) in [6, 6.07) is 11.3. The molecule has 0 spiro atoms. The van der Waals surface area contributed by atoms with Crippen molar-refractivity contribution in [2.45, 2.75) is 31.8 Å². The van der Waals surface area contributed by atoms with Crippen LogP contribution in [0.25, 0.3) is 0 Å². The van der Waals surface area contributed by atoms with Gasteiger partial charge in [0, 0.05) is 25.7 Å². The molecule has 1 aromatic carbocycles. The zero-order chi connectivity index (χ0) is 11.7. The van der Waals surface area contributed by atoms with Gasteiger partial charge in [0.2, 0.25) is 0 Å². The minimum atomic E-state index is 0.466. The van der Waals surface area contributed by atoms with Crippen LogP contribution >= 0.6 is 0 Å². The molecule has 92 valence electrons. The Balaban J connectivity index is 1.60. The maximum Gasteiger partial charge on any atom is 0.0233 e. The Hall–Kier alpha value is -0.860. The molecule has 2 fully saturated rings. The second-order valence-electron chi connectivity index (χ2n) is 5.77. The van der Waals surface area contributed by atoms with Gasteiger partial charge in [-0.15, -0.1) is 0 Å². The van der Waals surface area contributed by atoms with Crippen LogP contribution in [0.1, 0.15) is 24.8 Å². The highest BCUT2D eigenvalue weighted by Gasteiger charge is 2.36. The van der Waals surface area contributed by atoms with E-state index >= 15 is 0 Å². The molecular formula is C15H22N2. The lowest BCUT2D eigenvalue weighted by molar-refractivity contribution is 0.271. The first-order valence-electron chi connectivity index (χ1n) is 6.83. The quantitative estimate of drug-likeness (QED) is 0.844. The number of hydrogen-bond acceptors (Lipinski definition) is 2. The molecule has 1 aromatic rings. The molecule has 0 aromatic heterocycles. The van der Waals surface area contributed by atoms with Gasteiger partial charge in [-0.1, -0.05) is 30.3 Å². The number of benzene rings is 1. The molecule has 1 aliphatic heterocycles. The van der Waals surface area contributed by atoms with Crippen LogP contribution in [0.3, 0.4) is 0 Å². The Morgan fingerprint density at radius 2 is 1.82 bits per heavy atom. The van der Waals surface area contributed by atoms with E-state index in [0.29, 0.717) is 6.04 Å². The van der Waals surface area contributed by atoms with Crippen molar-refractivity contribution < 1.29 is 0 Å². The van der Waals surface area contributed by atoms with E-state index in [0.717, 1.165) is 18.4 Å². The van der Waals surface area contributed by atoms with Gasteiger partial charge in [-0.2, -0.15) is 0 Å². The molecule has 3 atom stereocenters. The van der Waals surface area contributed by atoms with Crippen molar-refractivity contribution >= 4 is 0 Å². The van der Waals surface area contributed by atoms with Gasteiger partial charge in [0.15, 0.2) is 0 Å². The van der Waals surface area contributed by atoms with Gasteiger partial charge in [-0.05, 0) is 36.7 Å². The van der Waals surface area contributed by atoms with Crippen molar-refractivity contribution in [3.63, 3.8) is 0 Å². The second-order valence-corrected chi connectivity index (χ2v) is 5.77. The van der Waals surface area contributed by atoms with Crippen LogP contribution in [0.2, 0.25) is 0 Å². The lowest BCUT2D eigenvalue weighted by atomic mass is 9.79. The highest BCUT2D eigenvalue weighted by molar-refractivity contribution is 5.14. The number of nitrogens with zero attached hydrogens (tertiary/aromatic N) is 1. The van der Waals surface area contributed by atoms with E-state index in [1.165, 1.54) is 37.9 Å². The van der Waals surface area contributed by atoms with Crippen LogP contribution < -0.4 is 5.73 Å². The molecule has 1 saturated heterocycles. The molecule has 17 heavy (non-hydrogen) atoms. The van der Waals surface area contributed by atoms with E-state index in [2.05, 4.69) is 35.2 Å². The van der Waals surface area contributed by atoms with Crippen LogP contribution in [0.15, 0.2) is 30.3 Å². The van der Waals surface area contributed by atoms with Gasteiger partial charge < -0.3 is 5.73 Å². The van der Waals surface area contributed by atoms with E-state index in [1.54, 1.807) is 0 Å². The summed E-state index contributed by atoms with van der Waals surface area (Å²) in [5, 5.41) is 0. The van der Waals surface area contributed by atoms with Crippen LogP contribution in [-0.4, -0.2) is 24.0 Å². The molecule has 0 radical (unpaired) electrons. The van der Waals surface area contributed by atoms with Crippen LogP contribution in [0.4, 0.5) is 0 Å². The van der Waals surface area contributed by atoms with Gasteiger partial charge in [0.05, 0.1) is 0 Å². The highest BCUT2D eigenvalue weighted by Crippen LogP contribution is 2.36. The van der Waals surface area contributed by atoms with Crippen LogP contribution in [0, 0.1) is 11.8 Å². The van der Waals surface area contributed by atoms with E-state index in [4.69, 9.17) is 5.73 Å². The lowest BCUT2D eigenvalue weighted by Gasteiger charge is -2.28. The Bertz CT molecular complexity index is 362. The Morgan fingerprint density at radius 3 is 2.65 bits per heavy atom. The number of hydrogen-bond donors (Lipinski definition) is 1. The fraction of sp³-hybridized carbons (Fsp3) is 0.600. The maximum absolute atomic E-state index is 6.07. The third-order valence-electron chi connectivity index (χ3n) is 4.41. The van der Waals surface area contributed by atoms with Gasteiger partial charge in [0.25, 0.3) is 0 Å². The fourth-order valence-electron chi connectivity index (χ4n) is 3.54. The standard InChI is InChI=1S/C15H22N2/c16-15-7-6-13-10-17(11-14(13)8-15)9-12-4-2-1-3-5-12/h1-5,13-15H,6-11,16H2/t13-,14+,15?/m0/s1. The summed E-state index contributed by atoms with van der Waals surface area (Å²) in [5.41, 5.74) is 7.51. The second kappa shape index (κ2) is 4.79. The number of likely N-dealkylation sites (tertiary alicyclic amines) is 1. The normalized spacial score (nSPS) is 33.6. The first kappa shape index (κ1) is 11.2. The average Bonchev–Trinajstić information content (AvgIpc) is 2.71. The Kier molecular flexibility index (Phi) is 3.17. The van der Waals surface area contributed by atoms with E-state index in [9.17, 15) is 0 Å². The zero-order valence-corrected chi connectivity index (χ0v) is 10.4. The predicted octanol–water partition coefficient (Wildman–Crippen LogP) is 2.25. The zero-order valence-electron chi connectivity index (χ0n) is 10.4. The smallest absolute Gasteiger partial charge is 0.0233 e. The van der Waals surface area contributed by atoms with Crippen molar-refractivity contribution in [1.82, 2.24) is 4.90 Å². The molecule has 1 saturated carbocycles. The Labute approximate surface area is 104 Å². The molecule has 0 amide bonds. The van der Waals surface area contributed by atoms with E-state index < -0.39 is 0 Å². The van der Waals surface area contributed by atoms with Gasteiger partial charge in [-0.25, -0.2) is 0 Å². The van der Waals surface area contributed by atoms with E-state index in [1.807, 2.05) is 0 Å². The molecular weight excluding hydrogens is 208 g/mol. The lowest BCUT2D eigenvalue weighted by Crippen LogP contribution is -2.32. The van der Waals surface area contributed by atoms with Crippen molar-refractivity contribution in [3.8, 4) is 0 Å². The van der Waals surface area contributed by atoms with Crippen LogP contribution in [-0.2, 0) is 6.54 Å². The Morgan fingerprint density at radius 1 is 1.06 bits per heavy atom. The molecule has 1 unspecified atom stereocenters. The summed E-state index contributed by atoms with van der Waals surface area (Å²) in [4.78, 5) is 2.61. The molecule has 2 aliphatic rings. The average molecular weight is 230 g/mol. The molecule has 1 aliphatic carbocycles. The third kappa shape index (κ3) is 2.53. The summed E-state index contributed by atoms with van der Waals surface area (Å²) in [6.45, 7) is 3.66. The number of rotatable bonds is 2. The first-order valence-corrected chi connectivity index (χ1v) is 6.83. The molecule has 0 bridgehead atoms. The molecule has 2 nitrogen and oxygen atoms in total. The summed E-state index contributed by atoms with van der Waals surface area (Å²) in [7, 11) is 0. The highest BCUT2D eigenvalue weighted by atomic mass is 15.2. The SMILES string of the molecule is NC1CC[C@H]2CN(Cc3ccccc3)C[C@H]2C1. The minimum absolute atomic E-state index is 0.466. The first-order chi connectivity index (χ1) is 8.31. The summed E-state index contributed by atoms with van der Waals surface area (Å²) in [6.07, 6.45) is 3.83. The summed E-state index contributed by atoms with van der Waals surface area (Å²) in [5.74, 6) is 1.78. The van der Waals surface area contributed by atoms with E-state index in [-0.39, 0.29) is 0 Å². The molecule has 2 N–H and O–H groups in total. The minimum Gasteiger partial charge on any atom is -0.328 e. The van der Waals surface area contributed by atoms with Crippen molar-refractivity contribution in [2.75, 3.05) is 13.1 Å². The van der Waals surface area contributed by atoms with Gasteiger partial charge >= 0.3 is 0 Å². The maximum atomic E-state index is 6.07. The fourth-order valence-corrected chi connectivity index (χ4v) is 3.54. The summed E-state index contributed by atoms with van der Waals surface area (Å²) >= 11 is 0. The molecule has 3 rings (SSSR count). The third-order valence-corrected chi connectivity index (χ3v) is 4.41. The topological polar surface area (TPSA) is 29.3 Å². The van der Waals surface area contributed by atoms with Crippen molar-refractivity contribution in [2.24, 2.45) is 17.6 Å². The summed E-state index contributed by atoms with van der Waals surface area (Å²) < 4.78 is 0. The largest absolute Gasteiger partial charge is 0.328 e. The van der Waals surface area contributed by atoms with Crippen molar-refractivity contribution in [3.05, 3.63) is 35.9 Å².